The highest BCUT2D eigenvalue weighted by Gasteiger charge is 2.31. The molecule has 0 spiro atoms. The van der Waals surface area contributed by atoms with Gasteiger partial charge in [-0.2, -0.15) is 11.8 Å². The van der Waals surface area contributed by atoms with E-state index in [0.29, 0.717) is 0 Å². The first-order valence-corrected chi connectivity index (χ1v) is 8.12. The van der Waals surface area contributed by atoms with E-state index in [1.165, 1.54) is 63.2 Å². The number of rotatable bonds is 3. The Hall–Kier alpha value is 0.270. The molecule has 2 nitrogen and oxygen atoms in total. The minimum Gasteiger partial charge on any atom is -0.314 e. The average Bonchev–Trinajstić information content (AvgIpc) is 2.97. The maximum atomic E-state index is 3.84. The predicted octanol–water partition coefficient (Wildman–Crippen LogP) is 1.96. The third-order valence-electron chi connectivity index (χ3n) is 4.54. The summed E-state index contributed by atoms with van der Waals surface area (Å²) in [6.45, 7) is 4.00. The van der Waals surface area contributed by atoms with Crippen molar-refractivity contribution in [1.29, 1.82) is 0 Å². The molecule has 0 aromatic heterocycles. The Morgan fingerprint density at radius 3 is 3.06 bits per heavy atom. The Balaban J connectivity index is 1.42. The van der Waals surface area contributed by atoms with E-state index >= 15 is 0 Å². The van der Waals surface area contributed by atoms with E-state index in [1.807, 2.05) is 0 Å². The summed E-state index contributed by atoms with van der Waals surface area (Å²) < 4.78 is 0. The van der Waals surface area contributed by atoms with Crippen LogP contribution in [0, 0.1) is 5.92 Å². The Kier molecular flexibility index (Phi) is 3.75. The number of hydrogen-bond donors (Lipinski definition) is 1. The smallest absolute Gasteiger partial charge is 0.0111 e. The van der Waals surface area contributed by atoms with Crippen molar-refractivity contribution in [3.63, 3.8) is 0 Å². The lowest BCUT2D eigenvalue weighted by molar-refractivity contribution is 0.165. The second kappa shape index (κ2) is 5.28. The molecule has 3 heterocycles. The highest BCUT2D eigenvalue weighted by Crippen LogP contribution is 2.27. The molecule has 3 rings (SSSR count). The zero-order valence-electron chi connectivity index (χ0n) is 10.2. The molecule has 0 bridgehead atoms. The lowest BCUT2D eigenvalue weighted by Gasteiger charge is -2.35. The number of hydrogen-bond acceptors (Lipinski definition) is 3. The molecule has 92 valence electrons. The number of thioether (sulfide) groups is 1. The fourth-order valence-electron chi connectivity index (χ4n) is 3.49. The fourth-order valence-corrected chi connectivity index (χ4v) is 4.77. The molecule has 1 N–H and O–H groups in total. The van der Waals surface area contributed by atoms with Gasteiger partial charge < -0.3 is 10.2 Å². The van der Waals surface area contributed by atoms with E-state index < -0.39 is 0 Å². The van der Waals surface area contributed by atoms with E-state index in [2.05, 4.69) is 22.0 Å². The number of nitrogens with one attached hydrogen (secondary N) is 1. The van der Waals surface area contributed by atoms with E-state index in [9.17, 15) is 0 Å². The average molecular weight is 240 g/mol. The van der Waals surface area contributed by atoms with Crippen molar-refractivity contribution < 1.29 is 0 Å². The molecule has 0 amide bonds. The van der Waals surface area contributed by atoms with Crippen molar-refractivity contribution in [3.05, 3.63) is 0 Å². The predicted molar refractivity (Wildman–Crippen MR) is 71.1 cm³/mol. The quantitative estimate of drug-likeness (QED) is 0.812. The molecule has 16 heavy (non-hydrogen) atoms. The first-order chi connectivity index (χ1) is 7.92. The van der Waals surface area contributed by atoms with Crippen molar-refractivity contribution >= 4 is 11.8 Å². The van der Waals surface area contributed by atoms with Crippen molar-refractivity contribution in [2.24, 2.45) is 5.92 Å². The third kappa shape index (κ3) is 2.57. The highest BCUT2D eigenvalue weighted by molar-refractivity contribution is 7.99. The molecule has 3 fully saturated rings. The zero-order valence-corrected chi connectivity index (χ0v) is 11.0. The third-order valence-corrected chi connectivity index (χ3v) is 5.77. The summed E-state index contributed by atoms with van der Waals surface area (Å²) in [6, 6.07) is 1.74. The second-order valence-electron chi connectivity index (χ2n) is 5.69. The van der Waals surface area contributed by atoms with Gasteiger partial charge in [-0.1, -0.05) is 0 Å². The first kappa shape index (κ1) is 11.4. The Bertz CT molecular complexity index is 228. The summed E-state index contributed by atoms with van der Waals surface area (Å²) in [7, 11) is 0. The van der Waals surface area contributed by atoms with Crippen molar-refractivity contribution in [1.82, 2.24) is 10.2 Å². The summed E-state index contributed by atoms with van der Waals surface area (Å²) in [5.74, 6) is 3.76. The van der Waals surface area contributed by atoms with Gasteiger partial charge in [-0.05, 0) is 69.2 Å². The fraction of sp³-hybridized carbons (Fsp3) is 1.00. The first-order valence-electron chi connectivity index (χ1n) is 6.97. The van der Waals surface area contributed by atoms with Gasteiger partial charge in [-0.3, -0.25) is 0 Å². The molecule has 0 saturated carbocycles. The van der Waals surface area contributed by atoms with Crippen LogP contribution in [0.4, 0.5) is 0 Å². The maximum absolute atomic E-state index is 3.84. The van der Waals surface area contributed by atoms with Crippen LogP contribution in [0.25, 0.3) is 0 Å². The molecule has 0 radical (unpaired) electrons. The van der Waals surface area contributed by atoms with Gasteiger partial charge in [0.2, 0.25) is 0 Å². The molecular weight excluding hydrogens is 216 g/mol. The Morgan fingerprint density at radius 2 is 2.19 bits per heavy atom. The molecule has 3 aliphatic rings. The van der Waals surface area contributed by atoms with Gasteiger partial charge in [0.15, 0.2) is 0 Å². The number of nitrogens with zero attached hydrogens (tertiary/aromatic N) is 1. The molecule has 0 aliphatic carbocycles. The summed E-state index contributed by atoms with van der Waals surface area (Å²) >= 11 is 2.14. The van der Waals surface area contributed by atoms with Crippen LogP contribution in [0.1, 0.15) is 32.1 Å². The normalized spacial score (nSPS) is 40.1. The van der Waals surface area contributed by atoms with Gasteiger partial charge in [0.05, 0.1) is 0 Å². The molecular formula is C13H24N2S. The van der Waals surface area contributed by atoms with Crippen LogP contribution in [0.15, 0.2) is 0 Å². The maximum Gasteiger partial charge on any atom is 0.0111 e. The van der Waals surface area contributed by atoms with Crippen LogP contribution >= 0.6 is 11.8 Å². The summed E-state index contributed by atoms with van der Waals surface area (Å²) in [5.41, 5.74) is 0. The zero-order chi connectivity index (χ0) is 10.8. The number of fused-ring (bicyclic) bond motifs is 1. The Labute approximate surface area is 104 Å². The second-order valence-corrected chi connectivity index (χ2v) is 6.84. The van der Waals surface area contributed by atoms with Gasteiger partial charge in [0.1, 0.15) is 0 Å². The van der Waals surface area contributed by atoms with Crippen LogP contribution < -0.4 is 5.32 Å². The molecule has 0 aromatic rings. The van der Waals surface area contributed by atoms with Gasteiger partial charge in [0.25, 0.3) is 0 Å². The highest BCUT2D eigenvalue weighted by atomic mass is 32.2. The van der Waals surface area contributed by atoms with E-state index in [1.54, 1.807) is 0 Å². The van der Waals surface area contributed by atoms with Crippen LogP contribution in [-0.2, 0) is 0 Å². The van der Waals surface area contributed by atoms with Crippen LogP contribution in [0.3, 0.4) is 0 Å². The standard InChI is InChI=1S/C13H24N2S/c1-2-13-8-12(3-6-15(13)5-1)14-9-11-4-7-16-10-11/h11-14H,1-10H2. The lowest BCUT2D eigenvalue weighted by atomic mass is 9.97. The van der Waals surface area contributed by atoms with Crippen LogP contribution in [0.5, 0.6) is 0 Å². The van der Waals surface area contributed by atoms with E-state index in [-0.39, 0.29) is 0 Å². The van der Waals surface area contributed by atoms with Crippen molar-refractivity contribution in [2.45, 2.75) is 44.2 Å². The molecule has 3 atom stereocenters. The van der Waals surface area contributed by atoms with E-state index in [4.69, 9.17) is 0 Å². The van der Waals surface area contributed by atoms with Crippen molar-refractivity contribution in [3.8, 4) is 0 Å². The number of piperidine rings is 1. The van der Waals surface area contributed by atoms with Crippen molar-refractivity contribution in [2.75, 3.05) is 31.1 Å². The summed E-state index contributed by atoms with van der Waals surface area (Å²) in [6.07, 6.45) is 7.14. The van der Waals surface area contributed by atoms with Gasteiger partial charge in [0, 0.05) is 12.1 Å². The monoisotopic (exact) mass is 240 g/mol. The molecule has 3 saturated heterocycles. The van der Waals surface area contributed by atoms with Gasteiger partial charge in [-0.25, -0.2) is 0 Å². The summed E-state index contributed by atoms with van der Waals surface area (Å²) in [4.78, 5) is 2.71. The molecule has 3 unspecified atom stereocenters. The van der Waals surface area contributed by atoms with Crippen LogP contribution in [-0.4, -0.2) is 48.1 Å². The topological polar surface area (TPSA) is 15.3 Å². The molecule has 3 aliphatic heterocycles. The minimum atomic E-state index is 0.824. The largest absolute Gasteiger partial charge is 0.314 e. The summed E-state index contributed by atoms with van der Waals surface area (Å²) in [5, 5.41) is 3.84. The van der Waals surface area contributed by atoms with Gasteiger partial charge >= 0.3 is 0 Å². The molecule has 3 heteroatoms. The van der Waals surface area contributed by atoms with Crippen LogP contribution in [0.2, 0.25) is 0 Å². The van der Waals surface area contributed by atoms with Gasteiger partial charge in [-0.15, -0.1) is 0 Å². The minimum absolute atomic E-state index is 0.824. The Morgan fingerprint density at radius 1 is 1.19 bits per heavy atom. The van der Waals surface area contributed by atoms with E-state index in [0.717, 1.165) is 18.0 Å². The lowest BCUT2D eigenvalue weighted by Crippen LogP contribution is -2.46. The SMILES string of the molecule is C1CC2CC(NCC3CCSC3)CCN2C1. The molecule has 0 aromatic carbocycles.